The summed E-state index contributed by atoms with van der Waals surface area (Å²) in [5, 5.41) is 0. The molecule has 0 aromatic rings. The second-order valence-corrected chi connectivity index (χ2v) is 8.97. The lowest BCUT2D eigenvalue weighted by Gasteiger charge is -2.53. The number of fused-ring (bicyclic) bond motifs is 4. The monoisotopic (exact) mass is 320 g/mol. The number of carbonyl (C=O) groups excluding carboxylic acids is 1. The zero-order chi connectivity index (χ0) is 16.5. The molecular formula is C19H28O4. The van der Waals surface area contributed by atoms with Crippen LogP contribution in [0.5, 0.6) is 0 Å². The third-order valence-electron chi connectivity index (χ3n) is 6.76. The number of hydrogen-bond donors (Lipinski definition) is 0. The van der Waals surface area contributed by atoms with Gasteiger partial charge in [-0.25, -0.2) is 4.79 Å². The van der Waals surface area contributed by atoms with Gasteiger partial charge in [0.1, 0.15) is 6.10 Å². The van der Waals surface area contributed by atoms with E-state index in [4.69, 9.17) is 14.2 Å². The van der Waals surface area contributed by atoms with Crippen LogP contribution in [0, 0.1) is 22.7 Å². The zero-order valence-corrected chi connectivity index (χ0v) is 14.7. The van der Waals surface area contributed by atoms with Crippen molar-refractivity contribution < 1.29 is 19.0 Å². The third-order valence-corrected chi connectivity index (χ3v) is 6.76. The molecule has 4 heteroatoms. The first kappa shape index (κ1) is 15.6. The Morgan fingerprint density at radius 1 is 1.13 bits per heavy atom. The Morgan fingerprint density at radius 3 is 2.52 bits per heavy atom. The summed E-state index contributed by atoms with van der Waals surface area (Å²) in [5.74, 6) is 0.245. The van der Waals surface area contributed by atoms with Crippen molar-refractivity contribution in [1.29, 1.82) is 0 Å². The quantitative estimate of drug-likeness (QED) is 0.641. The molecule has 2 aliphatic carbocycles. The molecule has 1 saturated heterocycles. The number of carbonyl (C=O) groups is 1. The van der Waals surface area contributed by atoms with Crippen molar-refractivity contribution in [3.63, 3.8) is 0 Å². The molecule has 0 N–H and O–H groups in total. The van der Waals surface area contributed by atoms with Gasteiger partial charge in [-0.1, -0.05) is 27.7 Å². The molecule has 4 aliphatic rings. The first-order valence-electron chi connectivity index (χ1n) is 8.96. The Balaban J connectivity index is 1.76. The molecule has 0 aromatic carbocycles. The van der Waals surface area contributed by atoms with E-state index in [1.54, 1.807) is 6.08 Å². The van der Waals surface area contributed by atoms with E-state index in [1.165, 1.54) is 0 Å². The molecule has 4 nitrogen and oxygen atoms in total. The zero-order valence-electron chi connectivity index (χ0n) is 14.7. The summed E-state index contributed by atoms with van der Waals surface area (Å²) in [5.41, 5.74) is 0.892. The summed E-state index contributed by atoms with van der Waals surface area (Å²) in [6, 6.07) is 0. The van der Waals surface area contributed by atoms with Crippen molar-refractivity contribution in [3.8, 4) is 0 Å². The maximum absolute atomic E-state index is 11.9. The SMILES string of the molecule is C[C@H]1CCC2=CC(=O)O[C@H]2[C@@]2(C)[C@H]1CCC21OCC(C)(C)CO1. The average molecular weight is 320 g/mol. The van der Waals surface area contributed by atoms with Crippen LogP contribution in [0.15, 0.2) is 11.6 Å². The van der Waals surface area contributed by atoms with Crippen molar-refractivity contribution in [3.05, 3.63) is 11.6 Å². The van der Waals surface area contributed by atoms with Crippen LogP contribution in [-0.2, 0) is 19.0 Å². The van der Waals surface area contributed by atoms with E-state index in [-0.39, 0.29) is 22.9 Å². The maximum atomic E-state index is 11.9. The van der Waals surface area contributed by atoms with Crippen LogP contribution < -0.4 is 0 Å². The van der Waals surface area contributed by atoms with Crippen LogP contribution in [0.25, 0.3) is 0 Å². The van der Waals surface area contributed by atoms with Gasteiger partial charge < -0.3 is 14.2 Å². The summed E-state index contributed by atoms with van der Waals surface area (Å²) in [6.07, 6.45) is 5.57. The minimum atomic E-state index is -0.611. The van der Waals surface area contributed by atoms with Crippen LogP contribution in [0.2, 0.25) is 0 Å². The van der Waals surface area contributed by atoms with Gasteiger partial charge in [-0.3, -0.25) is 0 Å². The first-order chi connectivity index (χ1) is 10.8. The van der Waals surface area contributed by atoms with Crippen LogP contribution in [0.1, 0.15) is 53.4 Å². The molecule has 2 aliphatic heterocycles. The molecule has 3 fully saturated rings. The fraction of sp³-hybridized carbons (Fsp3) is 0.842. The largest absolute Gasteiger partial charge is 0.454 e. The highest BCUT2D eigenvalue weighted by Crippen LogP contribution is 2.63. The molecule has 23 heavy (non-hydrogen) atoms. The predicted octanol–water partition coefficient (Wildman–Crippen LogP) is 3.45. The van der Waals surface area contributed by atoms with E-state index in [0.29, 0.717) is 25.0 Å². The Bertz CT molecular complexity index is 554. The normalized spacial score (nSPS) is 44.3. The first-order valence-corrected chi connectivity index (χ1v) is 8.96. The fourth-order valence-corrected chi connectivity index (χ4v) is 5.39. The molecule has 0 bridgehead atoms. The van der Waals surface area contributed by atoms with Gasteiger partial charge in [-0.05, 0) is 36.7 Å². The highest BCUT2D eigenvalue weighted by molar-refractivity contribution is 5.86. The molecule has 0 amide bonds. The van der Waals surface area contributed by atoms with Crippen molar-refractivity contribution >= 4 is 5.97 Å². The van der Waals surface area contributed by atoms with E-state index in [2.05, 4.69) is 27.7 Å². The van der Waals surface area contributed by atoms with E-state index < -0.39 is 5.79 Å². The van der Waals surface area contributed by atoms with E-state index in [0.717, 1.165) is 31.3 Å². The Hall–Kier alpha value is -0.870. The van der Waals surface area contributed by atoms with Crippen molar-refractivity contribution in [1.82, 2.24) is 0 Å². The molecule has 4 atom stereocenters. The Morgan fingerprint density at radius 2 is 1.83 bits per heavy atom. The molecule has 2 heterocycles. The smallest absolute Gasteiger partial charge is 0.331 e. The highest BCUT2D eigenvalue weighted by Gasteiger charge is 2.68. The Labute approximate surface area is 138 Å². The van der Waals surface area contributed by atoms with Gasteiger partial charge in [0.05, 0.1) is 18.6 Å². The van der Waals surface area contributed by atoms with Gasteiger partial charge in [0.25, 0.3) is 0 Å². The van der Waals surface area contributed by atoms with Crippen LogP contribution in [-0.4, -0.2) is 31.1 Å². The number of esters is 1. The van der Waals surface area contributed by atoms with Crippen LogP contribution in [0.4, 0.5) is 0 Å². The summed E-state index contributed by atoms with van der Waals surface area (Å²) < 4.78 is 18.6. The van der Waals surface area contributed by atoms with Gasteiger partial charge in [0, 0.05) is 17.9 Å². The maximum Gasteiger partial charge on any atom is 0.331 e. The lowest BCUT2D eigenvalue weighted by Crippen LogP contribution is -2.60. The minimum absolute atomic E-state index is 0.0427. The molecule has 4 rings (SSSR count). The summed E-state index contributed by atoms with van der Waals surface area (Å²) in [4.78, 5) is 11.9. The molecule has 0 unspecified atom stereocenters. The van der Waals surface area contributed by atoms with Gasteiger partial charge in [-0.2, -0.15) is 0 Å². The van der Waals surface area contributed by atoms with Crippen LogP contribution >= 0.6 is 0 Å². The van der Waals surface area contributed by atoms with Gasteiger partial charge in [-0.15, -0.1) is 0 Å². The second-order valence-electron chi connectivity index (χ2n) is 8.97. The summed E-state index contributed by atoms with van der Waals surface area (Å²) in [7, 11) is 0. The average Bonchev–Trinajstić information content (AvgIpc) is 2.97. The van der Waals surface area contributed by atoms with Crippen LogP contribution in [0.3, 0.4) is 0 Å². The molecular weight excluding hydrogens is 292 g/mol. The van der Waals surface area contributed by atoms with Crippen molar-refractivity contribution in [2.45, 2.75) is 65.3 Å². The Kier molecular flexibility index (Phi) is 3.28. The molecule has 0 radical (unpaired) electrons. The summed E-state index contributed by atoms with van der Waals surface area (Å²) in [6.45, 7) is 10.3. The molecule has 1 spiro atoms. The molecule has 2 saturated carbocycles. The predicted molar refractivity (Wildman–Crippen MR) is 85.6 cm³/mol. The van der Waals surface area contributed by atoms with Gasteiger partial charge in [0.15, 0.2) is 5.79 Å². The van der Waals surface area contributed by atoms with Gasteiger partial charge >= 0.3 is 5.97 Å². The number of hydrogen-bond acceptors (Lipinski definition) is 4. The standard InChI is InChI=1S/C19H28O4/c1-12-5-6-13-9-15(20)23-16(13)18(4)14(12)7-8-19(18)21-10-17(2,3)11-22-19/h9,12,14,16H,5-8,10-11H2,1-4H3/t12-,14-,16+,18+/m0/s1. The van der Waals surface area contributed by atoms with E-state index >= 15 is 0 Å². The number of rotatable bonds is 0. The van der Waals surface area contributed by atoms with Crippen molar-refractivity contribution in [2.75, 3.05) is 13.2 Å². The van der Waals surface area contributed by atoms with E-state index in [1.807, 2.05) is 0 Å². The number of ether oxygens (including phenoxy) is 3. The minimum Gasteiger partial charge on any atom is -0.454 e. The highest BCUT2D eigenvalue weighted by atomic mass is 16.7. The molecule has 0 aromatic heterocycles. The van der Waals surface area contributed by atoms with Gasteiger partial charge in [0.2, 0.25) is 0 Å². The molecule has 128 valence electrons. The third kappa shape index (κ3) is 2.07. The lowest BCUT2D eigenvalue weighted by atomic mass is 9.67. The second kappa shape index (κ2) is 4.82. The topological polar surface area (TPSA) is 44.8 Å². The van der Waals surface area contributed by atoms with Crippen molar-refractivity contribution in [2.24, 2.45) is 22.7 Å². The lowest BCUT2D eigenvalue weighted by molar-refractivity contribution is -0.350. The van der Waals surface area contributed by atoms with E-state index in [9.17, 15) is 4.79 Å². The fourth-order valence-electron chi connectivity index (χ4n) is 5.39. The summed E-state index contributed by atoms with van der Waals surface area (Å²) >= 11 is 0.